The average molecular weight is 592 g/mol. The smallest absolute Gasteiger partial charge is 0.405 e. The molecule has 0 aliphatic carbocycles. The Hall–Kier alpha value is -3.26. The van der Waals surface area contributed by atoms with Gasteiger partial charge in [0.25, 0.3) is 0 Å². The molecule has 2 aliphatic heterocycles. The molecule has 0 radical (unpaired) electrons. The van der Waals surface area contributed by atoms with Crippen molar-refractivity contribution in [2.45, 2.75) is 48.8 Å². The lowest BCUT2D eigenvalue weighted by molar-refractivity contribution is -0.134. The minimum absolute atomic E-state index is 0.115. The first kappa shape index (κ1) is 25.4. The molecular weight excluding hydrogens is 566 g/mol. The lowest BCUT2D eigenvalue weighted by Crippen LogP contribution is -2.49. The highest BCUT2D eigenvalue weighted by Crippen LogP contribution is 2.42. The fourth-order valence-corrected chi connectivity index (χ4v) is 5.98. The summed E-state index contributed by atoms with van der Waals surface area (Å²) in [6.45, 7) is 3.60. The number of carbonyl (C=O) groups is 2. The number of piperidine rings is 1. The molecule has 1 saturated heterocycles. The molecule has 2 atom stereocenters. The van der Waals surface area contributed by atoms with Crippen molar-refractivity contribution in [3.63, 3.8) is 0 Å². The number of aryl methyl sites for hydroxylation is 1. The molecule has 4 N–H and O–H groups in total. The van der Waals surface area contributed by atoms with Gasteiger partial charge in [0.05, 0.1) is 6.33 Å². The molecule has 5 rings (SSSR count). The van der Waals surface area contributed by atoms with Gasteiger partial charge in [-0.25, -0.2) is 14.8 Å². The van der Waals surface area contributed by atoms with Gasteiger partial charge in [0, 0.05) is 29.0 Å². The van der Waals surface area contributed by atoms with Crippen LogP contribution in [0.15, 0.2) is 33.0 Å². The van der Waals surface area contributed by atoms with E-state index < -0.39 is 12.1 Å². The SMILES string of the molecule is C[C@@H](NC(=O)O)C(=O)N1CCC[C@@H](CCn2cnc(=N)c3[nH]c(Sc4cc5c(cc4Br)OCO5)nc32)C1. The van der Waals surface area contributed by atoms with Gasteiger partial charge in [0.15, 0.2) is 27.8 Å². The van der Waals surface area contributed by atoms with Crippen LogP contribution in [0.2, 0.25) is 0 Å². The molecule has 2 aliphatic rings. The van der Waals surface area contributed by atoms with Gasteiger partial charge in [-0.3, -0.25) is 10.2 Å². The maximum Gasteiger partial charge on any atom is 0.405 e. The van der Waals surface area contributed by atoms with E-state index in [4.69, 9.17) is 25.0 Å². The van der Waals surface area contributed by atoms with Crippen LogP contribution >= 0.6 is 27.7 Å². The van der Waals surface area contributed by atoms with Crippen molar-refractivity contribution in [2.24, 2.45) is 5.92 Å². The minimum Gasteiger partial charge on any atom is -0.465 e. The average Bonchev–Trinajstić information content (AvgIpc) is 3.50. The molecule has 0 saturated carbocycles. The Bertz CT molecular complexity index is 1410. The van der Waals surface area contributed by atoms with E-state index >= 15 is 0 Å². The van der Waals surface area contributed by atoms with Gasteiger partial charge in [-0.05, 0) is 60.2 Å². The molecule has 3 aromatic rings. The van der Waals surface area contributed by atoms with E-state index in [9.17, 15) is 9.59 Å². The molecule has 14 heteroatoms. The molecule has 1 fully saturated rings. The number of nitrogens with one attached hydrogen (secondary N) is 3. The number of imidazole rings is 1. The predicted octanol–water partition coefficient (Wildman–Crippen LogP) is 3.17. The number of halogens is 1. The van der Waals surface area contributed by atoms with E-state index in [1.54, 1.807) is 18.2 Å². The first-order valence-corrected chi connectivity index (χ1v) is 13.4. The van der Waals surface area contributed by atoms with Crippen LogP contribution in [0.4, 0.5) is 4.79 Å². The number of carbonyl (C=O) groups excluding carboxylic acids is 1. The quantitative estimate of drug-likeness (QED) is 0.326. The number of ether oxygens (including phenoxy) is 2. The molecule has 4 heterocycles. The Balaban J connectivity index is 1.28. The van der Waals surface area contributed by atoms with Gasteiger partial charge < -0.3 is 34.3 Å². The third-order valence-electron chi connectivity index (χ3n) is 6.45. The first-order chi connectivity index (χ1) is 17.8. The van der Waals surface area contributed by atoms with Gasteiger partial charge in [-0.15, -0.1) is 0 Å². The van der Waals surface area contributed by atoms with Crippen LogP contribution < -0.4 is 20.3 Å². The first-order valence-electron chi connectivity index (χ1n) is 11.8. The summed E-state index contributed by atoms with van der Waals surface area (Å²) in [5, 5.41) is 20.0. The Morgan fingerprint density at radius 1 is 1.38 bits per heavy atom. The maximum atomic E-state index is 12.6. The second kappa shape index (κ2) is 10.6. The molecule has 12 nitrogen and oxygen atoms in total. The van der Waals surface area contributed by atoms with E-state index in [-0.39, 0.29) is 24.1 Å². The lowest BCUT2D eigenvalue weighted by Gasteiger charge is -2.34. The fourth-order valence-electron chi connectivity index (χ4n) is 4.60. The Morgan fingerprint density at radius 3 is 2.95 bits per heavy atom. The minimum atomic E-state index is -1.21. The number of H-pyrrole nitrogens is 1. The summed E-state index contributed by atoms with van der Waals surface area (Å²) in [4.78, 5) is 38.4. The Labute approximate surface area is 224 Å². The van der Waals surface area contributed by atoms with E-state index in [2.05, 4.69) is 31.2 Å². The highest BCUT2D eigenvalue weighted by molar-refractivity contribution is 9.10. The maximum absolute atomic E-state index is 12.6. The monoisotopic (exact) mass is 591 g/mol. The van der Waals surface area contributed by atoms with Crippen LogP contribution in [0.25, 0.3) is 11.2 Å². The van der Waals surface area contributed by atoms with Gasteiger partial charge in [-0.2, -0.15) is 0 Å². The van der Waals surface area contributed by atoms with Crippen LogP contribution in [0.5, 0.6) is 11.5 Å². The number of hydrogen-bond donors (Lipinski definition) is 4. The van der Waals surface area contributed by atoms with Crippen molar-refractivity contribution in [3.05, 3.63) is 28.4 Å². The summed E-state index contributed by atoms with van der Waals surface area (Å²) >= 11 is 4.99. The molecule has 2 amide bonds. The fraction of sp³-hybridized carbons (Fsp3) is 0.435. The number of aromatic nitrogens is 4. The number of fused-ring (bicyclic) bond motifs is 2. The zero-order chi connectivity index (χ0) is 26.1. The summed E-state index contributed by atoms with van der Waals surface area (Å²) in [6, 6.07) is 2.98. The van der Waals surface area contributed by atoms with Gasteiger partial charge in [-0.1, -0.05) is 11.8 Å². The van der Waals surface area contributed by atoms with Gasteiger partial charge in [0.2, 0.25) is 12.7 Å². The van der Waals surface area contributed by atoms with Crippen molar-refractivity contribution < 1.29 is 24.2 Å². The van der Waals surface area contributed by atoms with Crippen LogP contribution in [0.1, 0.15) is 26.2 Å². The van der Waals surface area contributed by atoms with Crippen molar-refractivity contribution in [3.8, 4) is 11.5 Å². The molecule has 0 unspecified atom stereocenters. The van der Waals surface area contributed by atoms with Crippen molar-refractivity contribution in [1.82, 2.24) is 29.7 Å². The van der Waals surface area contributed by atoms with E-state index in [1.165, 1.54) is 11.8 Å². The second-order valence-corrected chi connectivity index (χ2v) is 10.9. The third kappa shape index (κ3) is 5.54. The Morgan fingerprint density at radius 2 is 2.16 bits per heavy atom. The molecule has 2 aromatic heterocycles. The zero-order valence-electron chi connectivity index (χ0n) is 20.0. The summed E-state index contributed by atoms with van der Waals surface area (Å²) < 4.78 is 13.7. The van der Waals surface area contributed by atoms with Crippen LogP contribution in [0.3, 0.4) is 0 Å². The second-order valence-electron chi connectivity index (χ2n) is 9.02. The molecule has 1 aromatic carbocycles. The molecule has 0 spiro atoms. The van der Waals surface area contributed by atoms with Crippen molar-refractivity contribution in [2.75, 3.05) is 19.9 Å². The number of likely N-dealkylation sites (tertiary alicyclic amines) is 1. The topological polar surface area (TPSA) is 158 Å². The summed E-state index contributed by atoms with van der Waals surface area (Å²) in [7, 11) is 0. The summed E-state index contributed by atoms with van der Waals surface area (Å²) in [6.07, 6.45) is 3.07. The van der Waals surface area contributed by atoms with Gasteiger partial charge in [0.1, 0.15) is 11.6 Å². The normalized spacial score (nSPS) is 17.7. The number of benzene rings is 1. The molecular formula is C23H26BrN7O5S. The number of aromatic amines is 1. The number of carboxylic acid groups (broad SMARTS) is 1. The van der Waals surface area contributed by atoms with Crippen molar-refractivity contribution in [1.29, 1.82) is 5.41 Å². The van der Waals surface area contributed by atoms with Crippen LogP contribution in [-0.4, -0.2) is 67.5 Å². The van der Waals surface area contributed by atoms with E-state index in [0.29, 0.717) is 47.5 Å². The summed E-state index contributed by atoms with van der Waals surface area (Å²) in [5.74, 6) is 1.43. The lowest BCUT2D eigenvalue weighted by atomic mass is 9.94. The third-order valence-corrected chi connectivity index (χ3v) is 8.31. The van der Waals surface area contributed by atoms with E-state index in [1.807, 2.05) is 16.7 Å². The van der Waals surface area contributed by atoms with Gasteiger partial charge >= 0.3 is 6.09 Å². The van der Waals surface area contributed by atoms with Crippen LogP contribution in [-0.2, 0) is 11.3 Å². The number of amides is 2. The zero-order valence-corrected chi connectivity index (χ0v) is 22.4. The molecule has 196 valence electrons. The number of nitrogens with zero attached hydrogens (tertiary/aromatic N) is 4. The van der Waals surface area contributed by atoms with E-state index in [0.717, 1.165) is 28.6 Å². The predicted molar refractivity (Wildman–Crippen MR) is 137 cm³/mol. The number of rotatable bonds is 7. The molecule has 37 heavy (non-hydrogen) atoms. The Kier molecular flexibility index (Phi) is 7.29. The molecule has 0 bridgehead atoms. The van der Waals surface area contributed by atoms with Crippen LogP contribution in [0, 0.1) is 11.3 Å². The van der Waals surface area contributed by atoms with Crippen molar-refractivity contribution >= 4 is 50.9 Å². The standard InChI is InChI=1S/C23H26BrN7O5S/c1-12(27-23(33)34)21(32)30-5-2-3-13(9-30)4-6-31-10-26-19(25)18-20(31)29-22(28-18)37-17-8-16-15(7-14(17)24)35-11-36-16/h7-8,10,12-13,25,27H,2-6,9,11H2,1H3,(H,28,29)(H,33,34)/t12-,13+/m1/s1. The largest absolute Gasteiger partial charge is 0.465 e. The number of hydrogen-bond acceptors (Lipinski definition) is 8. The highest BCUT2D eigenvalue weighted by atomic mass is 79.9. The highest BCUT2D eigenvalue weighted by Gasteiger charge is 2.27. The summed E-state index contributed by atoms with van der Waals surface area (Å²) in [5.41, 5.74) is 1.31.